The quantitative estimate of drug-likeness (QED) is 0.0491. The molecule has 69 heavy (non-hydrogen) atoms. The van der Waals surface area contributed by atoms with Crippen LogP contribution in [-0.2, 0) is 53.5 Å². The van der Waals surface area contributed by atoms with Crippen molar-refractivity contribution in [2.45, 2.75) is 88.1 Å². The number of alkyl carbamates (subject to hydrolysis) is 1. The van der Waals surface area contributed by atoms with Crippen LogP contribution in [0.5, 0.6) is 28.7 Å². The third kappa shape index (κ3) is 10.9. The van der Waals surface area contributed by atoms with Crippen LogP contribution in [0.25, 0.3) is 0 Å². The van der Waals surface area contributed by atoms with Crippen molar-refractivity contribution < 1.29 is 78.2 Å². The van der Waals surface area contributed by atoms with Crippen LogP contribution >= 0.6 is 0 Å². The smallest absolute Gasteiger partial charge is 0.408 e. The molecule has 4 heterocycles. The summed E-state index contributed by atoms with van der Waals surface area (Å²) < 4.78 is 41.6. The molecular formula is C48H53N5O16. The number of hydrogen-bond donors (Lipinski definition) is 8. The summed E-state index contributed by atoms with van der Waals surface area (Å²) in [7, 11) is 0. The SMILES string of the molecule is CC(C)(C)OC(=O)NC(Cc1cn(CCOCCOc2ccc(CCO[C@@H]3O[C@H](CO)[C@@H](O)[C@H](O)[C@H]3O)cc2)nn1)C(=O)Nc1ccc2c(c1)C(=O)OC21c2ccc(O)cc2Oc2cc(O)ccc21. The first kappa shape index (κ1) is 48.6. The number of carbonyl (C=O) groups is 3. The van der Waals surface area contributed by atoms with Crippen LogP contribution < -0.4 is 20.1 Å². The van der Waals surface area contributed by atoms with Crippen LogP contribution in [0.4, 0.5) is 10.5 Å². The van der Waals surface area contributed by atoms with Crippen LogP contribution in [0.15, 0.2) is 85.1 Å². The van der Waals surface area contributed by atoms with Gasteiger partial charge in [0.25, 0.3) is 0 Å². The molecule has 21 nitrogen and oxygen atoms in total. The maximum atomic E-state index is 13.9. The number of aromatic nitrogens is 3. The van der Waals surface area contributed by atoms with Crippen molar-refractivity contribution in [3.8, 4) is 28.7 Å². The van der Waals surface area contributed by atoms with Gasteiger partial charge in [0.2, 0.25) is 5.91 Å². The Balaban J connectivity index is 0.840. The summed E-state index contributed by atoms with van der Waals surface area (Å²) in [6, 6.07) is 19.6. The highest BCUT2D eigenvalue weighted by atomic mass is 16.7. The van der Waals surface area contributed by atoms with Crippen molar-refractivity contribution in [1.82, 2.24) is 20.3 Å². The van der Waals surface area contributed by atoms with Crippen molar-refractivity contribution in [3.63, 3.8) is 0 Å². The van der Waals surface area contributed by atoms with Gasteiger partial charge < -0.3 is 74.4 Å². The predicted molar refractivity (Wildman–Crippen MR) is 240 cm³/mol. The molecule has 8 rings (SSSR count). The van der Waals surface area contributed by atoms with Crippen molar-refractivity contribution in [2.75, 3.05) is 38.4 Å². The minimum absolute atomic E-state index is 0.0762. The first-order valence-corrected chi connectivity index (χ1v) is 22.1. The minimum Gasteiger partial charge on any atom is -0.508 e. The predicted octanol–water partition coefficient (Wildman–Crippen LogP) is 2.79. The van der Waals surface area contributed by atoms with Gasteiger partial charge in [-0.05, 0) is 81.3 Å². The van der Waals surface area contributed by atoms with Gasteiger partial charge >= 0.3 is 12.1 Å². The summed E-state index contributed by atoms with van der Waals surface area (Å²) in [5.74, 6) is -0.433. The molecule has 2 amide bonds. The lowest BCUT2D eigenvalue weighted by Gasteiger charge is -2.39. The fraction of sp³-hybridized carbons (Fsp3) is 0.396. The Morgan fingerprint density at radius 2 is 1.55 bits per heavy atom. The molecule has 3 aliphatic rings. The Bertz CT molecular complexity index is 2600. The van der Waals surface area contributed by atoms with E-state index in [0.29, 0.717) is 41.1 Å². The fourth-order valence-electron chi connectivity index (χ4n) is 8.15. The molecular weight excluding hydrogens is 903 g/mol. The fourth-order valence-corrected chi connectivity index (χ4v) is 8.15. The zero-order valence-electron chi connectivity index (χ0n) is 37.8. The van der Waals surface area contributed by atoms with Gasteiger partial charge in [0, 0.05) is 47.1 Å². The van der Waals surface area contributed by atoms with Crippen molar-refractivity contribution in [3.05, 3.63) is 119 Å². The standard InChI is InChI=1S/C48H53N5O16/c1-47(2,3)69-46(62)50-36(43(60)49-27-6-11-33-32(20-27)44(61)68-48(33)34-12-7-29(55)22-37(34)66-38-23-30(56)8-13-35(38)48)21-28-24-53(52-51-28)15-17-63-18-19-64-31-9-4-26(5-10-31)14-16-65-45-42(59)41(58)40(57)39(25-54)67-45/h4-13,20,22-24,36,39-42,45,54-59H,14-19,21,25H2,1-3H3,(H,49,60)(H,50,62)/t36?,39-,40-,41+,42-,45-/m1/s1. The summed E-state index contributed by atoms with van der Waals surface area (Å²) in [6.45, 7) is 5.79. The van der Waals surface area contributed by atoms with E-state index in [4.69, 9.17) is 33.2 Å². The van der Waals surface area contributed by atoms with Crippen LogP contribution in [0, 0.1) is 0 Å². The normalized spacial score (nSPS) is 20.4. The number of phenols is 2. The largest absolute Gasteiger partial charge is 0.508 e. The Labute approximate surface area is 395 Å². The number of carbonyl (C=O) groups excluding carboxylic acids is 3. The van der Waals surface area contributed by atoms with Gasteiger partial charge in [-0.1, -0.05) is 23.4 Å². The summed E-state index contributed by atoms with van der Waals surface area (Å²) in [6.07, 6.45) is -5.51. The molecule has 0 saturated carbocycles. The highest BCUT2D eigenvalue weighted by molar-refractivity contribution is 6.01. The molecule has 0 radical (unpaired) electrons. The number of aromatic hydroxyl groups is 2. The molecule has 1 spiro atoms. The number of aliphatic hydroxyl groups is 4. The molecule has 1 saturated heterocycles. The second-order valence-electron chi connectivity index (χ2n) is 17.6. The highest BCUT2D eigenvalue weighted by Gasteiger charge is 2.54. The molecule has 0 bridgehead atoms. The number of nitrogens with zero attached hydrogens (tertiary/aromatic N) is 3. The first-order valence-electron chi connectivity index (χ1n) is 22.1. The molecule has 366 valence electrons. The number of aliphatic hydroxyl groups excluding tert-OH is 4. The zero-order chi connectivity index (χ0) is 49.0. The molecule has 1 aromatic heterocycles. The van der Waals surface area contributed by atoms with Gasteiger partial charge in [0.05, 0.1) is 44.2 Å². The van der Waals surface area contributed by atoms with Gasteiger partial charge in [-0.2, -0.15) is 0 Å². The van der Waals surface area contributed by atoms with E-state index in [1.807, 2.05) is 12.1 Å². The molecule has 1 fully saturated rings. The van der Waals surface area contributed by atoms with Crippen molar-refractivity contribution >= 4 is 23.7 Å². The Morgan fingerprint density at radius 1 is 0.855 bits per heavy atom. The number of benzene rings is 4. The van der Waals surface area contributed by atoms with E-state index in [0.717, 1.165) is 5.56 Å². The van der Waals surface area contributed by atoms with E-state index in [1.54, 1.807) is 63.4 Å². The van der Waals surface area contributed by atoms with E-state index >= 15 is 0 Å². The van der Waals surface area contributed by atoms with Gasteiger partial charge in [-0.3, -0.25) is 4.79 Å². The second kappa shape index (κ2) is 20.4. The molecule has 6 atom stereocenters. The van der Waals surface area contributed by atoms with Crippen LogP contribution in [0.1, 0.15) is 59.1 Å². The van der Waals surface area contributed by atoms with E-state index in [2.05, 4.69) is 20.9 Å². The van der Waals surface area contributed by atoms with Gasteiger partial charge in [0.15, 0.2) is 11.9 Å². The summed E-state index contributed by atoms with van der Waals surface area (Å²) in [4.78, 5) is 40.6. The molecule has 4 aromatic carbocycles. The zero-order valence-corrected chi connectivity index (χ0v) is 37.8. The van der Waals surface area contributed by atoms with E-state index in [-0.39, 0.29) is 67.1 Å². The van der Waals surface area contributed by atoms with Crippen LogP contribution in [-0.4, -0.2) is 139 Å². The van der Waals surface area contributed by atoms with Gasteiger partial charge in [-0.15, -0.1) is 5.10 Å². The highest BCUT2D eigenvalue weighted by Crippen LogP contribution is 2.57. The van der Waals surface area contributed by atoms with Gasteiger partial charge in [0.1, 0.15) is 71.4 Å². The number of rotatable bonds is 17. The minimum atomic E-state index is -1.51. The second-order valence-corrected chi connectivity index (χ2v) is 17.6. The molecule has 5 aromatic rings. The maximum absolute atomic E-state index is 13.9. The van der Waals surface area contributed by atoms with E-state index in [9.17, 15) is 45.0 Å². The molecule has 21 heteroatoms. The Morgan fingerprint density at radius 3 is 2.23 bits per heavy atom. The number of ether oxygens (including phenoxy) is 7. The lowest BCUT2D eigenvalue weighted by Crippen LogP contribution is -2.59. The molecule has 3 aliphatic heterocycles. The first-order chi connectivity index (χ1) is 33.0. The Hall–Kier alpha value is -6.85. The third-order valence-electron chi connectivity index (χ3n) is 11.5. The topological polar surface area (TPSA) is 292 Å². The average molecular weight is 956 g/mol. The number of nitrogens with one attached hydrogen (secondary N) is 2. The number of amides is 2. The van der Waals surface area contributed by atoms with Crippen LogP contribution in [0.2, 0.25) is 0 Å². The van der Waals surface area contributed by atoms with Crippen molar-refractivity contribution in [1.29, 1.82) is 0 Å². The Kier molecular flexibility index (Phi) is 14.4. The van der Waals surface area contributed by atoms with E-state index in [1.165, 1.54) is 35.0 Å². The lowest BCUT2D eigenvalue weighted by molar-refractivity contribution is -0.300. The monoisotopic (exact) mass is 955 g/mol. The van der Waals surface area contributed by atoms with Crippen molar-refractivity contribution in [2.24, 2.45) is 0 Å². The number of phenolic OH excluding ortho intramolecular Hbond substituents is 2. The van der Waals surface area contributed by atoms with E-state index < -0.39 is 72.5 Å². The third-order valence-corrected chi connectivity index (χ3v) is 11.5. The molecule has 1 unspecified atom stereocenters. The average Bonchev–Trinajstić information content (AvgIpc) is 3.87. The molecule has 0 aliphatic carbocycles. The number of hydrogen-bond acceptors (Lipinski definition) is 18. The summed E-state index contributed by atoms with van der Waals surface area (Å²) >= 11 is 0. The molecule has 8 N–H and O–H groups in total. The number of anilines is 1. The van der Waals surface area contributed by atoms with Gasteiger partial charge in [-0.25, -0.2) is 14.3 Å². The maximum Gasteiger partial charge on any atom is 0.408 e. The lowest BCUT2D eigenvalue weighted by atomic mass is 9.77. The number of esters is 1. The summed E-state index contributed by atoms with van der Waals surface area (Å²) in [5, 5.41) is 73.7. The number of fused-ring (bicyclic) bond motifs is 6. The van der Waals surface area contributed by atoms with Crippen LogP contribution in [0.3, 0.4) is 0 Å². The summed E-state index contributed by atoms with van der Waals surface area (Å²) in [5.41, 5.74) is 0.635.